The van der Waals surface area contributed by atoms with E-state index in [1.54, 1.807) is 13.8 Å². The largest absolute Gasteiger partial charge is 0.480 e. The van der Waals surface area contributed by atoms with E-state index in [1.165, 1.54) is 12.1 Å². The summed E-state index contributed by atoms with van der Waals surface area (Å²) in [6, 6.07) is 3.08. The van der Waals surface area contributed by atoms with E-state index in [1.807, 2.05) is 0 Å². The Morgan fingerprint density at radius 3 is 2.59 bits per heavy atom. The van der Waals surface area contributed by atoms with E-state index in [4.69, 9.17) is 5.11 Å². The van der Waals surface area contributed by atoms with Crippen molar-refractivity contribution in [2.24, 2.45) is 0 Å². The molecule has 0 aromatic heterocycles. The summed E-state index contributed by atoms with van der Waals surface area (Å²) < 4.78 is 13.2. The van der Waals surface area contributed by atoms with Gasteiger partial charge in [-0.15, -0.1) is 0 Å². The van der Waals surface area contributed by atoms with Crippen LogP contribution in [0.25, 0.3) is 0 Å². The van der Waals surface area contributed by atoms with Crippen molar-refractivity contribution < 1.29 is 19.1 Å². The molecular formula is C12H14FNO3. The van der Waals surface area contributed by atoms with E-state index < -0.39 is 23.7 Å². The van der Waals surface area contributed by atoms with Crippen molar-refractivity contribution in [3.05, 3.63) is 35.1 Å². The van der Waals surface area contributed by atoms with Crippen LogP contribution in [0.2, 0.25) is 0 Å². The molecule has 1 aromatic rings. The van der Waals surface area contributed by atoms with E-state index in [9.17, 15) is 14.0 Å². The number of hydrogen-bond acceptors (Lipinski definition) is 2. The van der Waals surface area contributed by atoms with Gasteiger partial charge in [0.15, 0.2) is 0 Å². The van der Waals surface area contributed by atoms with Crippen molar-refractivity contribution in [3.8, 4) is 0 Å². The molecule has 0 saturated carbocycles. The quantitative estimate of drug-likeness (QED) is 0.840. The lowest BCUT2D eigenvalue weighted by Gasteiger charge is -2.12. The molecule has 0 spiro atoms. The van der Waals surface area contributed by atoms with Crippen LogP contribution in [0.15, 0.2) is 18.2 Å². The van der Waals surface area contributed by atoms with E-state index in [2.05, 4.69) is 5.32 Å². The standard InChI is InChI=1S/C12H14FNO3/c1-3-10(12(16)17)14-11(15)8-5-4-7(2)9(13)6-8/h4-6,10H,3H2,1-2H3,(H,14,15)(H,16,17)/t10-/m0/s1. The number of amides is 1. The van der Waals surface area contributed by atoms with Crippen molar-refractivity contribution in [3.63, 3.8) is 0 Å². The van der Waals surface area contributed by atoms with Crippen LogP contribution in [0.3, 0.4) is 0 Å². The molecule has 0 aliphatic carbocycles. The number of carboxylic acid groups (broad SMARTS) is 1. The topological polar surface area (TPSA) is 66.4 Å². The number of carboxylic acids is 1. The van der Waals surface area contributed by atoms with Crippen molar-refractivity contribution in [2.45, 2.75) is 26.3 Å². The summed E-state index contributed by atoms with van der Waals surface area (Å²) in [6.45, 7) is 3.23. The predicted molar refractivity (Wildman–Crippen MR) is 60.3 cm³/mol. The van der Waals surface area contributed by atoms with Crippen molar-refractivity contribution >= 4 is 11.9 Å². The van der Waals surface area contributed by atoms with Gasteiger partial charge in [-0.2, -0.15) is 0 Å². The molecule has 5 heteroatoms. The summed E-state index contributed by atoms with van der Waals surface area (Å²) in [5.41, 5.74) is 0.555. The summed E-state index contributed by atoms with van der Waals surface area (Å²) in [7, 11) is 0. The Morgan fingerprint density at radius 2 is 2.12 bits per heavy atom. The van der Waals surface area contributed by atoms with Gasteiger partial charge in [0.05, 0.1) is 0 Å². The van der Waals surface area contributed by atoms with E-state index in [0.29, 0.717) is 5.56 Å². The zero-order valence-electron chi connectivity index (χ0n) is 9.66. The summed E-state index contributed by atoms with van der Waals surface area (Å²) in [4.78, 5) is 22.4. The monoisotopic (exact) mass is 239 g/mol. The fourth-order valence-electron chi connectivity index (χ4n) is 1.31. The molecule has 2 N–H and O–H groups in total. The number of aryl methyl sites for hydroxylation is 1. The van der Waals surface area contributed by atoms with E-state index in [0.717, 1.165) is 6.07 Å². The van der Waals surface area contributed by atoms with Gasteiger partial charge in [-0.3, -0.25) is 4.79 Å². The molecular weight excluding hydrogens is 225 g/mol. The summed E-state index contributed by atoms with van der Waals surface area (Å²) in [6.07, 6.45) is 0.273. The highest BCUT2D eigenvalue weighted by Crippen LogP contribution is 2.09. The number of carbonyl (C=O) groups is 2. The Hall–Kier alpha value is -1.91. The van der Waals surface area contributed by atoms with Gasteiger partial charge in [0.1, 0.15) is 11.9 Å². The molecule has 1 amide bonds. The molecule has 4 nitrogen and oxygen atoms in total. The molecule has 0 saturated heterocycles. The number of halogens is 1. The van der Waals surface area contributed by atoms with Gasteiger partial charge < -0.3 is 10.4 Å². The highest BCUT2D eigenvalue weighted by molar-refractivity contribution is 5.96. The van der Waals surface area contributed by atoms with Crippen LogP contribution >= 0.6 is 0 Å². The number of carbonyl (C=O) groups excluding carboxylic acids is 1. The van der Waals surface area contributed by atoms with E-state index >= 15 is 0 Å². The maximum Gasteiger partial charge on any atom is 0.326 e. The summed E-state index contributed by atoms with van der Waals surface area (Å²) in [5, 5.41) is 11.1. The average Bonchev–Trinajstić information content (AvgIpc) is 2.28. The Labute approximate surface area is 98.5 Å². The average molecular weight is 239 g/mol. The number of nitrogens with one attached hydrogen (secondary N) is 1. The summed E-state index contributed by atoms with van der Waals surface area (Å²) >= 11 is 0. The molecule has 1 atom stereocenters. The molecule has 0 radical (unpaired) electrons. The first-order valence-corrected chi connectivity index (χ1v) is 5.25. The predicted octanol–water partition coefficient (Wildman–Crippen LogP) is 1.73. The molecule has 1 rings (SSSR count). The second kappa shape index (κ2) is 5.43. The first-order valence-electron chi connectivity index (χ1n) is 5.25. The number of benzene rings is 1. The Bertz CT molecular complexity index is 445. The van der Waals surface area contributed by atoms with Gasteiger partial charge >= 0.3 is 5.97 Å². The Balaban J connectivity index is 2.82. The molecule has 0 aliphatic rings. The SMILES string of the molecule is CC[C@H](NC(=O)c1ccc(C)c(F)c1)C(=O)O. The minimum absolute atomic E-state index is 0.118. The zero-order valence-corrected chi connectivity index (χ0v) is 9.66. The van der Waals surface area contributed by atoms with Crippen molar-refractivity contribution in [1.82, 2.24) is 5.32 Å². The van der Waals surface area contributed by atoms with Gasteiger partial charge in [-0.1, -0.05) is 13.0 Å². The zero-order chi connectivity index (χ0) is 13.0. The van der Waals surface area contributed by atoms with Gasteiger partial charge in [0.2, 0.25) is 0 Å². The fraction of sp³-hybridized carbons (Fsp3) is 0.333. The molecule has 0 heterocycles. The van der Waals surface area contributed by atoms with Crippen LogP contribution in [-0.2, 0) is 4.79 Å². The van der Waals surface area contributed by atoms with Crippen LogP contribution in [0.5, 0.6) is 0 Å². The smallest absolute Gasteiger partial charge is 0.326 e. The van der Waals surface area contributed by atoms with Gasteiger partial charge in [0, 0.05) is 5.56 Å². The second-order valence-electron chi connectivity index (χ2n) is 3.74. The molecule has 0 bridgehead atoms. The third-order valence-electron chi connectivity index (χ3n) is 2.45. The molecule has 17 heavy (non-hydrogen) atoms. The number of hydrogen-bond donors (Lipinski definition) is 2. The maximum atomic E-state index is 13.2. The summed E-state index contributed by atoms with van der Waals surface area (Å²) in [5.74, 6) is -2.17. The molecule has 92 valence electrons. The van der Waals surface area contributed by atoms with Crippen LogP contribution < -0.4 is 5.32 Å². The lowest BCUT2D eigenvalue weighted by molar-refractivity contribution is -0.139. The first-order chi connectivity index (χ1) is 7.95. The molecule has 0 fully saturated rings. The van der Waals surface area contributed by atoms with Crippen molar-refractivity contribution in [1.29, 1.82) is 0 Å². The van der Waals surface area contributed by atoms with Gasteiger partial charge in [-0.25, -0.2) is 9.18 Å². The third-order valence-corrected chi connectivity index (χ3v) is 2.45. The fourth-order valence-corrected chi connectivity index (χ4v) is 1.31. The maximum absolute atomic E-state index is 13.2. The third kappa shape index (κ3) is 3.27. The first kappa shape index (κ1) is 13.2. The molecule has 0 unspecified atom stereocenters. The lowest BCUT2D eigenvalue weighted by Crippen LogP contribution is -2.40. The molecule has 0 aliphatic heterocycles. The number of rotatable bonds is 4. The van der Waals surface area contributed by atoms with Crippen LogP contribution in [0, 0.1) is 12.7 Å². The minimum Gasteiger partial charge on any atom is -0.480 e. The highest BCUT2D eigenvalue weighted by atomic mass is 19.1. The Morgan fingerprint density at radius 1 is 1.47 bits per heavy atom. The minimum atomic E-state index is -1.10. The van der Waals surface area contributed by atoms with Crippen molar-refractivity contribution in [2.75, 3.05) is 0 Å². The van der Waals surface area contributed by atoms with E-state index in [-0.39, 0.29) is 12.0 Å². The Kier molecular flexibility index (Phi) is 4.20. The molecule has 1 aromatic carbocycles. The van der Waals surface area contributed by atoms with Crippen LogP contribution in [0.4, 0.5) is 4.39 Å². The van der Waals surface area contributed by atoms with Crippen LogP contribution in [0.1, 0.15) is 29.3 Å². The highest BCUT2D eigenvalue weighted by Gasteiger charge is 2.18. The van der Waals surface area contributed by atoms with Crippen LogP contribution in [-0.4, -0.2) is 23.0 Å². The number of aliphatic carboxylic acids is 1. The lowest BCUT2D eigenvalue weighted by atomic mass is 10.1. The normalized spacial score (nSPS) is 11.9. The second-order valence-corrected chi connectivity index (χ2v) is 3.74. The van der Waals surface area contributed by atoms with Gasteiger partial charge in [0.25, 0.3) is 5.91 Å². The van der Waals surface area contributed by atoms with Gasteiger partial charge in [-0.05, 0) is 31.0 Å².